The lowest BCUT2D eigenvalue weighted by atomic mass is 9.76. The largest absolute Gasteiger partial charge is 0.493 e. The maximum Gasteiger partial charge on any atom is 0.254 e. The molecule has 51 heavy (non-hydrogen) atoms. The van der Waals surface area contributed by atoms with E-state index in [9.17, 15) is 9.59 Å². The van der Waals surface area contributed by atoms with Crippen LogP contribution in [-0.2, 0) is 16.7 Å². The number of carbonyl (C=O) groups excluding carboxylic acids is 2. The highest BCUT2D eigenvalue weighted by Crippen LogP contribution is 2.42. The number of methoxy groups -OCH3 is 3. The molecular formula is C40H51ClN4O6. The molecule has 1 atom stereocenters. The summed E-state index contributed by atoms with van der Waals surface area (Å²) in [4.78, 5) is 36.7. The molecule has 0 spiro atoms. The summed E-state index contributed by atoms with van der Waals surface area (Å²) < 4.78 is 24.1. The van der Waals surface area contributed by atoms with Gasteiger partial charge in [-0.2, -0.15) is 0 Å². The molecule has 3 aromatic rings. The van der Waals surface area contributed by atoms with E-state index >= 15 is 0 Å². The molecule has 2 aromatic carbocycles. The van der Waals surface area contributed by atoms with Crippen molar-refractivity contribution in [1.82, 2.24) is 19.4 Å². The number of hydrogen-bond donors (Lipinski definition) is 0. The number of rotatable bonds is 16. The van der Waals surface area contributed by atoms with Gasteiger partial charge in [-0.25, -0.2) is 4.98 Å². The minimum absolute atomic E-state index is 0.0816. The second-order valence-electron chi connectivity index (χ2n) is 13.2. The van der Waals surface area contributed by atoms with Crippen molar-refractivity contribution in [3.63, 3.8) is 0 Å². The number of nitrogens with zero attached hydrogens (tertiary/aromatic N) is 4. The van der Waals surface area contributed by atoms with Gasteiger partial charge < -0.3 is 33.3 Å². The van der Waals surface area contributed by atoms with Gasteiger partial charge in [0.15, 0.2) is 17.3 Å². The maximum atomic E-state index is 13.9. The number of amides is 1. The fourth-order valence-electron chi connectivity index (χ4n) is 7.33. The molecule has 1 aromatic heterocycles. The third-order valence-corrected chi connectivity index (χ3v) is 10.4. The highest BCUT2D eigenvalue weighted by molar-refractivity contribution is 6.30. The summed E-state index contributed by atoms with van der Waals surface area (Å²) in [5.74, 6) is 1.78. The van der Waals surface area contributed by atoms with Crippen LogP contribution in [0.25, 0.3) is 6.08 Å². The quantitative estimate of drug-likeness (QED) is 0.0892. The Hall–Kier alpha value is -4.12. The summed E-state index contributed by atoms with van der Waals surface area (Å²) in [6.07, 6.45) is 12.9. The van der Waals surface area contributed by atoms with E-state index in [1.54, 1.807) is 39.7 Å². The van der Waals surface area contributed by atoms with Crippen LogP contribution in [0.5, 0.6) is 17.2 Å². The van der Waals surface area contributed by atoms with E-state index in [-0.39, 0.29) is 23.0 Å². The van der Waals surface area contributed by atoms with Crippen LogP contribution < -0.4 is 14.2 Å². The molecular weight excluding hydrogens is 668 g/mol. The number of ether oxygens (including phenoxy) is 4. The van der Waals surface area contributed by atoms with Crippen molar-refractivity contribution >= 4 is 29.4 Å². The van der Waals surface area contributed by atoms with Crippen molar-refractivity contribution in [3.8, 4) is 17.2 Å². The van der Waals surface area contributed by atoms with Gasteiger partial charge >= 0.3 is 0 Å². The summed E-state index contributed by atoms with van der Waals surface area (Å²) in [5.41, 5.74) is 2.25. The van der Waals surface area contributed by atoms with Gasteiger partial charge in [0.2, 0.25) is 11.5 Å². The highest BCUT2D eigenvalue weighted by Gasteiger charge is 2.42. The van der Waals surface area contributed by atoms with E-state index in [4.69, 9.17) is 30.5 Å². The monoisotopic (exact) mass is 718 g/mol. The number of allylic oxidation sites excluding steroid dienone is 3. The predicted molar refractivity (Wildman–Crippen MR) is 200 cm³/mol. The van der Waals surface area contributed by atoms with Gasteiger partial charge in [0.25, 0.3) is 5.91 Å². The Balaban J connectivity index is 1.27. The van der Waals surface area contributed by atoms with Gasteiger partial charge in [0, 0.05) is 48.2 Å². The minimum atomic E-state index is -0.268. The maximum absolute atomic E-state index is 13.9. The van der Waals surface area contributed by atoms with Crippen molar-refractivity contribution in [2.75, 3.05) is 67.3 Å². The Kier molecular flexibility index (Phi) is 13.4. The van der Waals surface area contributed by atoms with Crippen molar-refractivity contribution < 1.29 is 28.5 Å². The number of Topliss-reactive ketones (excluding diaryl/α,β-unsaturated/α-hetero) is 1. The first-order valence-corrected chi connectivity index (χ1v) is 18.2. The van der Waals surface area contributed by atoms with Crippen LogP contribution in [0, 0.1) is 5.92 Å². The van der Waals surface area contributed by atoms with Gasteiger partial charge in [-0.05, 0) is 95.1 Å². The van der Waals surface area contributed by atoms with Gasteiger partial charge in [-0.15, -0.1) is 0 Å². The first kappa shape index (κ1) is 38.1. The Morgan fingerprint density at radius 3 is 2.39 bits per heavy atom. The summed E-state index contributed by atoms with van der Waals surface area (Å²) in [7, 11) is 4.64. The second-order valence-corrected chi connectivity index (χ2v) is 13.6. The average Bonchev–Trinajstić information content (AvgIpc) is 3.78. The third-order valence-electron chi connectivity index (χ3n) is 10.2. The van der Waals surface area contributed by atoms with Gasteiger partial charge in [0.05, 0.1) is 39.8 Å². The molecule has 0 saturated carbocycles. The average molecular weight is 719 g/mol. The molecule has 2 saturated heterocycles. The Labute approximate surface area is 307 Å². The third kappa shape index (κ3) is 8.86. The van der Waals surface area contributed by atoms with Crippen LogP contribution in [0.3, 0.4) is 0 Å². The van der Waals surface area contributed by atoms with Gasteiger partial charge in [-0.1, -0.05) is 42.0 Å². The van der Waals surface area contributed by atoms with Crippen LogP contribution in [0.2, 0.25) is 5.02 Å². The lowest BCUT2D eigenvalue weighted by Crippen LogP contribution is -2.41. The van der Waals surface area contributed by atoms with Crippen LogP contribution in [-0.4, -0.2) is 98.3 Å². The Bertz CT molecular complexity index is 1690. The van der Waals surface area contributed by atoms with Gasteiger partial charge in [-0.3, -0.25) is 9.59 Å². The molecule has 2 fully saturated rings. The zero-order valence-electron chi connectivity index (χ0n) is 30.5. The first-order valence-electron chi connectivity index (χ1n) is 17.8. The molecule has 1 unspecified atom stereocenters. The predicted octanol–water partition coefficient (Wildman–Crippen LogP) is 6.96. The van der Waals surface area contributed by atoms with Crippen molar-refractivity contribution in [3.05, 3.63) is 88.5 Å². The number of carbonyl (C=O) groups is 2. The SMILES string of the molecule is CC=CC=Cc1cnc(C(=O)C2CCN(CCC3(c4cccc(Cl)c4)CCN(C(=O)c4cc(OC)c(OC)c(OC)c4)C3)CC2)n1CCOCC. The van der Waals surface area contributed by atoms with Crippen molar-refractivity contribution in [2.24, 2.45) is 5.92 Å². The smallest absolute Gasteiger partial charge is 0.254 e. The molecule has 5 rings (SSSR count). The molecule has 2 aliphatic heterocycles. The number of imidazole rings is 1. The molecule has 0 radical (unpaired) electrons. The van der Waals surface area contributed by atoms with Crippen LogP contribution >= 0.6 is 11.6 Å². The lowest BCUT2D eigenvalue weighted by Gasteiger charge is -2.36. The molecule has 1 amide bonds. The fraction of sp³-hybridized carbons (Fsp3) is 0.475. The molecule has 0 N–H and O–H groups in total. The van der Waals surface area contributed by atoms with E-state index < -0.39 is 0 Å². The van der Waals surface area contributed by atoms with Crippen molar-refractivity contribution in [2.45, 2.75) is 51.5 Å². The topological polar surface area (TPSA) is 95.4 Å². The Morgan fingerprint density at radius 2 is 1.75 bits per heavy atom. The fourth-order valence-corrected chi connectivity index (χ4v) is 7.52. The number of aromatic nitrogens is 2. The number of halogens is 1. The molecule has 0 bridgehead atoms. The van der Waals surface area contributed by atoms with E-state index in [1.165, 1.54) is 0 Å². The number of ketones is 1. The Morgan fingerprint density at radius 1 is 1.00 bits per heavy atom. The molecule has 274 valence electrons. The summed E-state index contributed by atoms with van der Waals surface area (Å²) in [6, 6.07) is 11.5. The second kappa shape index (κ2) is 17.9. The first-order chi connectivity index (χ1) is 24.8. The molecule has 0 aliphatic carbocycles. The normalized spacial score (nSPS) is 18.6. The van der Waals surface area contributed by atoms with Crippen LogP contribution in [0.15, 0.2) is 60.8 Å². The zero-order valence-corrected chi connectivity index (χ0v) is 31.3. The molecule has 2 aliphatic rings. The molecule has 11 heteroatoms. The molecule has 10 nitrogen and oxygen atoms in total. The van der Waals surface area contributed by atoms with Crippen LogP contribution in [0.4, 0.5) is 0 Å². The standard InChI is InChI=1S/C40H51ClN4O6/c1-6-8-9-13-33-27-42-38(45(33)22-23-51-7-2)36(46)29-14-18-43(19-15-29)20-16-40(31-11-10-12-32(41)26-31)17-21-44(28-40)39(47)30-24-34(48-3)37(50-5)35(25-30)49-4/h6,8-13,24-27,29H,7,14-23,28H2,1-5H3. The van der Waals surface area contributed by atoms with E-state index in [2.05, 4.69) is 16.0 Å². The summed E-state index contributed by atoms with van der Waals surface area (Å²) in [5, 5.41) is 0.681. The number of hydrogen-bond acceptors (Lipinski definition) is 8. The van der Waals surface area contributed by atoms with E-state index in [1.807, 2.05) is 65.8 Å². The lowest BCUT2D eigenvalue weighted by molar-refractivity contribution is 0.0777. The van der Waals surface area contributed by atoms with E-state index in [0.717, 1.165) is 56.6 Å². The van der Waals surface area contributed by atoms with Gasteiger partial charge in [0.1, 0.15) is 0 Å². The minimum Gasteiger partial charge on any atom is -0.493 e. The molecule has 3 heterocycles. The number of likely N-dealkylation sites (tertiary alicyclic amines) is 2. The summed E-state index contributed by atoms with van der Waals surface area (Å²) in [6.45, 7) is 9.34. The summed E-state index contributed by atoms with van der Waals surface area (Å²) >= 11 is 6.52. The van der Waals surface area contributed by atoms with E-state index in [0.29, 0.717) is 66.5 Å². The van der Waals surface area contributed by atoms with Crippen molar-refractivity contribution in [1.29, 1.82) is 0 Å². The highest BCUT2D eigenvalue weighted by atomic mass is 35.5. The number of piperidine rings is 1. The van der Waals surface area contributed by atoms with Crippen LogP contribution in [0.1, 0.15) is 71.8 Å². The number of benzene rings is 2. The zero-order chi connectivity index (χ0) is 36.4.